The highest BCUT2D eigenvalue weighted by Gasteiger charge is 2.18. The van der Waals surface area contributed by atoms with E-state index >= 15 is 0 Å². The molecule has 0 fully saturated rings. The van der Waals surface area contributed by atoms with Crippen LogP contribution in [0.25, 0.3) is 0 Å². The highest BCUT2D eigenvalue weighted by molar-refractivity contribution is 6.29. The van der Waals surface area contributed by atoms with Crippen molar-refractivity contribution in [3.63, 3.8) is 0 Å². The molecule has 1 aromatic carbocycles. The lowest BCUT2D eigenvalue weighted by Gasteiger charge is -2.07. The summed E-state index contributed by atoms with van der Waals surface area (Å²) in [5, 5.41) is 11.0. The van der Waals surface area contributed by atoms with Gasteiger partial charge in [-0.1, -0.05) is 23.7 Å². The van der Waals surface area contributed by atoms with Crippen LogP contribution in [-0.2, 0) is 11.3 Å². The van der Waals surface area contributed by atoms with E-state index in [2.05, 4.69) is 4.98 Å². The first kappa shape index (κ1) is 14.2. The van der Waals surface area contributed by atoms with E-state index in [-0.39, 0.29) is 16.7 Å². The number of halogens is 1. The minimum atomic E-state index is -0.572. The number of benzene rings is 1. The largest absolute Gasteiger partial charge is 0.434 e. The normalized spacial score (nSPS) is 10.3. The number of pyridine rings is 1. The van der Waals surface area contributed by atoms with E-state index in [1.165, 1.54) is 12.1 Å². The average molecular weight is 295 g/mol. The van der Waals surface area contributed by atoms with Gasteiger partial charge in [0.05, 0.1) is 11.5 Å². The van der Waals surface area contributed by atoms with Crippen LogP contribution in [0.2, 0.25) is 5.15 Å². The van der Waals surface area contributed by atoms with Crippen molar-refractivity contribution in [2.45, 2.75) is 6.61 Å². The van der Waals surface area contributed by atoms with Crippen molar-refractivity contribution in [1.29, 1.82) is 0 Å². The van der Waals surface area contributed by atoms with E-state index in [0.717, 1.165) is 5.56 Å². The molecule has 0 bridgehead atoms. The van der Waals surface area contributed by atoms with Gasteiger partial charge in [0.2, 0.25) is 0 Å². The molecule has 0 aliphatic rings. The number of nitrogens with zero attached hydrogens (tertiary/aromatic N) is 2. The van der Waals surface area contributed by atoms with Crippen LogP contribution in [0.5, 0.6) is 11.6 Å². The zero-order valence-electron chi connectivity index (χ0n) is 10.6. The SMILES string of the molecule is COCc1cccc(Oc2nc(Cl)ccc2[N+](=O)[O-])c1. The second kappa shape index (κ2) is 6.31. The maximum atomic E-state index is 10.9. The molecule has 0 unspecified atom stereocenters. The van der Waals surface area contributed by atoms with Crippen molar-refractivity contribution in [1.82, 2.24) is 4.98 Å². The van der Waals surface area contributed by atoms with Gasteiger partial charge in [-0.2, -0.15) is 4.98 Å². The van der Waals surface area contributed by atoms with Gasteiger partial charge in [0.15, 0.2) is 0 Å². The van der Waals surface area contributed by atoms with Gasteiger partial charge in [-0.05, 0) is 23.8 Å². The minimum absolute atomic E-state index is 0.124. The van der Waals surface area contributed by atoms with E-state index in [0.29, 0.717) is 12.4 Å². The van der Waals surface area contributed by atoms with Crippen LogP contribution in [0.15, 0.2) is 36.4 Å². The van der Waals surface area contributed by atoms with Crippen molar-refractivity contribution < 1.29 is 14.4 Å². The number of aromatic nitrogens is 1. The monoisotopic (exact) mass is 294 g/mol. The Bertz CT molecular complexity index is 634. The standard InChI is InChI=1S/C13H11ClN2O4/c1-19-8-9-3-2-4-10(7-9)20-13-11(16(17)18)5-6-12(14)15-13/h2-7H,8H2,1H3. The number of ether oxygens (including phenoxy) is 2. The molecule has 0 radical (unpaired) electrons. The van der Waals surface area contributed by atoms with Crippen LogP contribution in [0.4, 0.5) is 5.69 Å². The van der Waals surface area contributed by atoms with Gasteiger partial charge in [-0.25, -0.2) is 0 Å². The Kier molecular flexibility index (Phi) is 4.49. The molecule has 0 spiro atoms. The second-order valence-electron chi connectivity index (χ2n) is 3.90. The molecule has 1 aromatic heterocycles. The zero-order chi connectivity index (χ0) is 14.5. The molecule has 6 nitrogen and oxygen atoms in total. The summed E-state index contributed by atoms with van der Waals surface area (Å²) in [6.07, 6.45) is 0. The molecule has 0 saturated carbocycles. The third kappa shape index (κ3) is 3.43. The van der Waals surface area contributed by atoms with E-state index in [4.69, 9.17) is 21.1 Å². The molecule has 0 aliphatic heterocycles. The summed E-state index contributed by atoms with van der Waals surface area (Å²) in [5.41, 5.74) is 0.640. The number of rotatable bonds is 5. The quantitative estimate of drug-likeness (QED) is 0.478. The molecule has 104 valence electrons. The van der Waals surface area contributed by atoms with Gasteiger partial charge < -0.3 is 9.47 Å². The van der Waals surface area contributed by atoms with Gasteiger partial charge in [0, 0.05) is 13.2 Å². The summed E-state index contributed by atoms with van der Waals surface area (Å²) in [4.78, 5) is 14.2. The highest BCUT2D eigenvalue weighted by Crippen LogP contribution is 2.30. The van der Waals surface area contributed by atoms with Crippen LogP contribution in [0.3, 0.4) is 0 Å². The van der Waals surface area contributed by atoms with Gasteiger partial charge in [-0.3, -0.25) is 10.1 Å². The van der Waals surface area contributed by atoms with Crippen molar-refractivity contribution >= 4 is 17.3 Å². The maximum absolute atomic E-state index is 10.9. The number of hydrogen-bond acceptors (Lipinski definition) is 5. The van der Waals surface area contributed by atoms with Crippen LogP contribution >= 0.6 is 11.6 Å². The van der Waals surface area contributed by atoms with E-state index in [1.807, 2.05) is 6.07 Å². The first-order valence-electron chi connectivity index (χ1n) is 5.67. The lowest BCUT2D eigenvalue weighted by molar-refractivity contribution is -0.386. The smallest absolute Gasteiger partial charge is 0.331 e. The van der Waals surface area contributed by atoms with Gasteiger partial charge in [-0.15, -0.1) is 0 Å². The summed E-state index contributed by atoms with van der Waals surface area (Å²) in [5.74, 6) is 0.287. The van der Waals surface area contributed by atoms with E-state index in [1.54, 1.807) is 25.3 Å². The predicted molar refractivity (Wildman–Crippen MR) is 73.1 cm³/mol. The summed E-state index contributed by atoms with van der Waals surface area (Å²) in [6.45, 7) is 0.419. The molecule has 2 aromatic rings. The summed E-state index contributed by atoms with van der Waals surface area (Å²) < 4.78 is 10.5. The third-order valence-electron chi connectivity index (χ3n) is 2.43. The molecule has 20 heavy (non-hydrogen) atoms. The lowest BCUT2D eigenvalue weighted by Crippen LogP contribution is -1.96. The molecular weight excluding hydrogens is 284 g/mol. The molecule has 0 saturated heterocycles. The van der Waals surface area contributed by atoms with E-state index in [9.17, 15) is 10.1 Å². The molecule has 0 atom stereocenters. The molecule has 0 aliphatic carbocycles. The van der Waals surface area contributed by atoms with Gasteiger partial charge in [0.25, 0.3) is 0 Å². The van der Waals surface area contributed by atoms with Crippen molar-refractivity contribution in [3.05, 3.63) is 57.2 Å². The Balaban J connectivity index is 2.31. The Morgan fingerprint density at radius 1 is 1.35 bits per heavy atom. The third-order valence-corrected chi connectivity index (χ3v) is 2.64. The minimum Gasteiger partial charge on any atom is -0.434 e. The maximum Gasteiger partial charge on any atom is 0.331 e. The Labute approximate surface area is 120 Å². The van der Waals surface area contributed by atoms with Gasteiger partial charge in [0.1, 0.15) is 10.9 Å². The van der Waals surface area contributed by atoms with Crippen LogP contribution in [-0.4, -0.2) is 17.0 Å². The zero-order valence-corrected chi connectivity index (χ0v) is 11.3. The second-order valence-corrected chi connectivity index (χ2v) is 4.29. The Morgan fingerprint density at radius 2 is 2.15 bits per heavy atom. The van der Waals surface area contributed by atoms with Crippen molar-refractivity contribution in [2.75, 3.05) is 7.11 Å². The molecule has 0 amide bonds. The molecular formula is C13H11ClN2O4. The number of nitro groups is 1. The summed E-state index contributed by atoms with van der Waals surface area (Å²) in [6, 6.07) is 9.61. The fraction of sp³-hybridized carbons (Fsp3) is 0.154. The Hall–Kier alpha value is -2.18. The fourth-order valence-corrected chi connectivity index (χ4v) is 1.74. The molecule has 1 heterocycles. The van der Waals surface area contributed by atoms with Crippen LogP contribution in [0.1, 0.15) is 5.56 Å². The van der Waals surface area contributed by atoms with Crippen LogP contribution < -0.4 is 4.74 Å². The van der Waals surface area contributed by atoms with Crippen molar-refractivity contribution in [3.8, 4) is 11.6 Å². The van der Waals surface area contributed by atoms with Crippen molar-refractivity contribution in [2.24, 2.45) is 0 Å². The lowest BCUT2D eigenvalue weighted by atomic mass is 10.2. The first-order chi connectivity index (χ1) is 9.60. The average Bonchev–Trinajstić information content (AvgIpc) is 2.39. The number of hydrogen-bond donors (Lipinski definition) is 0. The molecule has 2 rings (SSSR count). The molecule has 0 N–H and O–H groups in total. The fourth-order valence-electron chi connectivity index (χ4n) is 1.60. The van der Waals surface area contributed by atoms with Gasteiger partial charge >= 0.3 is 11.6 Å². The topological polar surface area (TPSA) is 74.5 Å². The summed E-state index contributed by atoms with van der Waals surface area (Å²) in [7, 11) is 1.58. The first-order valence-corrected chi connectivity index (χ1v) is 6.04. The number of methoxy groups -OCH3 is 1. The predicted octanol–water partition coefficient (Wildman–Crippen LogP) is 3.58. The molecule has 7 heteroatoms. The van der Waals surface area contributed by atoms with Crippen LogP contribution in [0, 0.1) is 10.1 Å². The van der Waals surface area contributed by atoms with E-state index < -0.39 is 4.92 Å². The Morgan fingerprint density at radius 3 is 2.85 bits per heavy atom. The summed E-state index contributed by atoms with van der Waals surface area (Å²) >= 11 is 5.74. The highest BCUT2D eigenvalue weighted by atomic mass is 35.5.